The fraction of sp³-hybridized carbons (Fsp3) is 0.588. The molecular formula is C17H25N3O4S. The summed E-state index contributed by atoms with van der Waals surface area (Å²) >= 11 is 0. The van der Waals surface area contributed by atoms with Crippen LogP contribution in [0.25, 0.3) is 0 Å². The first kappa shape index (κ1) is 18.3. The first-order valence-electron chi connectivity index (χ1n) is 8.75. The molecule has 1 saturated heterocycles. The molecule has 0 aliphatic carbocycles. The van der Waals surface area contributed by atoms with Crippen molar-refractivity contribution in [1.82, 2.24) is 9.62 Å². The average molecular weight is 367 g/mol. The number of ether oxygens (including phenoxy) is 1. The second-order valence-corrected chi connectivity index (χ2v) is 8.12. The predicted octanol–water partition coefficient (Wildman–Crippen LogP) is 0.595. The van der Waals surface area contributed by atoms with Gasteiger partial charge in [-0.25, -0.2) is 8.42 Å². The molecule has 2 heterocycles. The van der Waals surface area contributed by atoms with Gasteiger partial charge in [-0.3, -0.25) is 4.79 Å². The zero-order valence-electron chi connectivity index (χ0n) is 14.7. The van der Waals surface area contributed by atoms with Crippen molar-refractivity contribution in [3.05, 3.63) is 23.8 Å². The van der Waals surface area contributed by atoms with Crippen LogP contribution < -0.4 is 10.2 Å². The standard InChI is InChI=1S/C17H25N3O4S/c1-3-19(4-2)25(22,23)14-5-6-15-13(11-14)7-9-20(15)17(21)16-12-18-8-10-24-16/h5-6,11,16,18H,3-4,7-10,12H2,1-2H3. The van der Waals surface area contributed by atoms with Crippen molar-refractivity contribution in [1.29, 1.82) is 0 Å². The Hall–Kier alpha value is -1.48. The van der Waals surface area contributed by atoms with Crippen LogP contribution in [0.5, 0.6) is 0 Å². The molecule has 1 aromatic rings. The van der Waals surface area contributed by atoms with Crippen LogP contribution in [0.3, 0.4) is 0 Å². The van der Waals surface area contributed by atoms with Crippen molar-refractivity contribution < 1.29 is 17.9 Å². The largest absolute Gasteiger partial charge is 0.366 e. The van der Waals surface area contributed by atoms with E-state index in [-0.39, 0.29) is 5.91 Å². The maximum absolute atomic E-state index is 12.7. The number of morpholine rings is 1. The van der Waals surface area contributed by atoms with Crippen LogP contribution in [0.1, 0.15) is 19.4 Å². The second kappa shape index (κ2) is 7.41. The summed E-state index contributed by atoms with van der Waals surface area (Å²) in [5.41, 5.74) is 1.68. The lowest BCUT2D eigenvalue weighted by atomic mass is 10.2. The van der Waals surface area contributed by atoms with Crippen LogP contribution >= 0.6 is 0 Å². The van der Waals surface area contributed by atoms with E-state index < -0.39 is 16.1 Å². The summed E-state index contributed by atoms with van der Waals surface area (Å²) in [5.74, 6) is -0.0645. The summed E-state index contributed by atoms with van der Waals surface area (Å²) in [6.07, 6.45) is 0.182. The molecular weight excluding hydrogens is 342 g/mol. The normalized spacial score (nSPS) is 20.8. The molecule has 7 nitrogen and oxygen atoms in total. The third-order valence-corrected chi connectivity index (χ3v) is 6.80. The quantitative estimate of drug-likeness (QED) is 0.824. The fourth-order valence-corrected chi connectivity index (χ4v) is 4.89. The number of fused-ring (bicyclic) bond motifs is 1. The molecule has 1 fully saturated rings. The molecule has 3 rings (SSSR count). The van der Waals surface area contributed by atoms with Crippen molar-refractivity contribution in [3.8, 4) is 0 Å². The number of anilines is 1. The Balaban J connectivity index is 1.84. The molecule has 138 valence electrons. The van der Waals surface area contributed by atoms with Crippen LogP contribution in [0.4, 0.5) is 5.69 Å². The lowest BCUT2D eigenvalue weighted by Crippen LogP contribution is -2.49. The van der Waals surface area contributed by atoms with E-state index in [1.54, 1.807) is 23.1 Å². The van der Waals surface area contributed by atoms with Gasteiger partial charge in [0.15, 0.2) is 0 Å². The Labute approximate surface area is 149 Å². The van der Waals surface area contributed by atoms with Gasteiger partial charge in [-0.05, 0) is 30.2 Å². The molecule has 0 radical (unpaired) electrons. The molecule has 0 aromatic heterocycles. The molecule has 1 atom stereocenters. The summed E-state index contributed by atoms with van der Waals surface area (Å²) in [5, 5.41) is 3.16. The Morgan fingerprint density at radius 2 is 2.12 bits per heavy atom. The molecule has 1 N–H and O–H groups in total. The SMILES string of the molecule is CCN(CC)S(=O)(=O)c1ccc2c(c1)CCN2C(=O)C1CNCCO1. The highest BCUT2D eigenvalue weighted by Crippen LogP contribution is 2.31. The third-order valence-electron chi connectivity index (χ3n) is 4.76. The number of amides is 1. The average Bonchev–Trinajstić information content (AvgIpc) is 3.06. The number of nitrogens with one attached hydrogen (secondary N) is 1. The van der Waals surface area contributed by atoms with E-state index in [1.165, 1.54) is 4.31 Å². The minimum absolute atomic E-state index is 0.0645. The zero-order valence-corrected chi connectivity index (χ0v) is 15.5. The van der Waals surface area contributed by atoms with E-state index in [9.17, 15) is 13.2 Å². The van der Waals surface area contributed by atoms with E-state index in [1.807, 2.05) is 13.8 Å². The number of carbonyl (C=O) groups excluding carboxylic acids is 1. The third kappa shape index (κ3) is 3.44. The van der Waals surface area contributed by atoms with Crippen LogP contribution in [0, 0.1) is 0 Å². The lowest BCUT2D eigenvalue weighted by molar-refractivity contribution is -0.131. The van der Waals surface area contributed by atoms with Gasteiger partial charge in [-0.2, -0.15) is 4.31 Å². The zero-order chi connectivity index (χ0) is 18.0. The number of hydrogen-bond donors (Lipinski definition) is 1. The highest BCUT2D eigenvalue weighted by molar-refractivity contribution is 7.89. The molecule has 25 heavy (non-hydrogen) atoms. The predicted molar refractivity (Wildman–Crippen MR) is 95.2 cm³/mol. The van der Waals surface area contributed by atoms with Crippen molar-refractivity contribution in [3.63, 3.8) is 0 Å². The monoisotopic (exact) mass is 367 g/mol. The topological polar surface area (TPSA) is 79.0 Å². The van der Waals surface area contributed by atoms with E-state index in [2.05, 4.69) is 5.32 Å². The van der Waals surface area contributed by atoms with Gasteiger partial charge >= 0.3 is 0 Å². The minimum atomic E-state index is -3.49. The summed E-state index contributed by atoms with van der Waals surface area (Å²) < 4.78 is 32.3. The Morgan fingerprint density at radius 3 is 2.76 bits per heavy atom. The van der Waals surface area contributed by atoms with E-state index in [4.69, 9.17) is 4.74 Å². The molecule has 0 spiro atoms. The Morgan fingerprint density at radius 1 is 1.36 bits per heavy atom. The molecule has 0 saturated carbocycles. The first-order chi connectivity index (χ1) is 12.0. The van der Waals surface area contributed by atoms with Gasteiger partial charge < -0.3 is 15.0 Å². The van der Waals surface area contributed by atoms with Crippen LogP contribution in [-0.4, -0.2) is 64.1 Å². The van der Waals surface area contributed by atoms with Gasteiger partial charge in [0.25, 0.3) is 5.91 Å². The highest BCUT2D eigenvalue weighted by atomic mass is 32.2. The number of sulfonamides is 1. The number of benzene rings is 1. The van der Waals surface area contributed by atoms with E-state index >= 15 is 0 Å². The fourth-order valence-electron chi connectivity index (χ4n) is 3.38. The van der Waals surface area contributed by atoms with Gasteiger partial charge in [-0.15, -0.1) is 0 Å². The summed E-state index contributed by atoms with van der Waals surface area (Å²) in [4.78, 5) is 14.7. The van der Waals surface area contributed by atoms with Crippen molar-refractivity contribution in [2.75, 3.05) is 44.2 Å². The van der Waals surface area contributed by atoms with Crippen molar-refractivity contribution in [2.45, 2.75) is 31.3 Å². The number of nitrogens with zero attached hydrogens (tertiary/aromatic N) is 2. The lowest BCUT2D eigenvalue weighted by Gasteiger charge is -2.27. The summed E-state index contributed by atoms with van der Waals surface area (Å²) in [6, 6.07) is 5.04. The number of rotatable bonds is 5. The van der Waals surface area contributed by atoms with Crippen molar-refractivity contribution >= 4 is 21.6 Å². The van der Waals surface area contributed by atoms with Gasteiger partial charge in [0.2, 0.25) is 10.0 Å². The second-order valence-electron chi connectivity index (χ2n) is 6.18. The molecule has 0 bridgehead atoms. The summed E-state index contributed by atoms with van der Waals surface area (Å²) in [6.45, 7) is 6.88. The first-order valence-corrected chi connectivity index (χ1v) is 10.2. The van der Waals surface area contributed by atoms with E-state index in [0.717, 1.165) is 17.8 Å². The maximum Gasteiger partial charge on any atom is 0.257 e. The van der Waals surface area contributed by atoms with Crippen LogP contribution in [-0.2, 0) is 26.0 Å². The van der Waals surface area contributed by atoms with Crippen molar-refractivity contribution in [2.24, 2.45) is 0 Å². The number of carbonyl (C=O) groups is 1. The molecule has 1 amide bonds. The van der Waals surface area contributed by atoms with Gasteiger partial charge in [-0.1, -0.05) is 13.8 Å². The number of hydrogen-bond acceptors (Lipinski definition) is 5. The van der Waals surface area contributed by atoms with E-state index in [0.29, 0.717) is 44.1 Å². The maximum atomic E-state index is 12.7. The Kier molecular flexibility index (Phi) is 5.43. The van der Waals surface area contributed by atoms with Gasteiger partial charge in [0.05, 0.1) is 11.5 Å². The molecule has 2 aliphatic heterocycles. The Bertz CT molecular complexity index is 740. The molecule has 8 heteroatoms. The highest BCUT2D eigenvalue weighted by Gasteiger charge is 2.33. The molecule has 2 aliphatic rings. The smallest absolute Gasteiger partial charge is 0.257 e. The van der Waals surface area contributed by atoms with Gasteiger partial charge in [0.1, 0.15) is 6.10 Å². The molecule has 1 aromatic carbocycles. The molecule has 1 unspecified atom stereocenters. The van der Waals surface area contributed by atoms with Crippen LogP contribution in [0.15, 0.2) is 23.1 Å². The minimum Gasteiger partial charge on any atom is -0.366 e. The summed E-state index contributed by atoms with van der Waals surface area (Å²) in [7, 11) is -3.49. The van der Waals surface area contributed by atoms with Crippen LogP contribution in [0.2, 0.25) is 0 Å². The van der Waals surface area contributed by atoms with Gasteiger partial charge in [0, 0.05) is 38.4 Å².